The van der Waals surface area contributed by atoms with Crippen LogP contribution in [-0.4, -0.2) is 124 Å². The Hall–Kier alpha value is -5.78. The van der Waals surface area contributed by atoms with E-state index in [2.05, 4.69) is 27.6 Å². The standard InChI is InChI=1S/C58H72F2N8O7/c1-6-66-45-18-17-37-29-41(45)42(50(66)40-13-9-21-61-46(40)33(2)74-5)30-57(3,4)32-75-55(72)43-14-10-22-68(64-43)53(70)44(27-34-25-38(37)28-39(26-34)51(59)60)62-52(69)49(36-11-7-8-12-36)67-24-20-58(56(67)73)19-23-65(31-58)54(71)48-47(63-48)35-15-16-35/h9,13,17-18,21,25-26,28-29,33,35-36,43-44,47-49,51,63-64H,6-8,10-12,14-16,19-20,22-24,27,30-32H2,1-5H3,(H,62,69)/t33-,43-,44-,47?,48+,49?,58-/m0/s1. The molecule has 2 aromatic heterocycles. The third-order valence-corrected chi connectivity index (χ3v) is 17.6. The molecule has 4 saturated heterocycles. The maximum Gasteiger partial charge on any atom is 0.324 e. The number of carbonyl (C=O) groups excluding carboxylic acids is 5. The average Bonchev–Trinajstić information content (AvgIpc) is 4.26. The summed E-state index contributed by atoms with van der Waals surface area (Å²) in [7, 11) is 1.65. The molecular weight excluding hydrogens is 959 g/mol. The summed E-state index contributed by atoms with van der Waals surface area (Å²) < 4.78 is 44.6. The van der Waals surface area contributed by atoms with Crippen molar-refractivity contribution in [2.75, 3.05) is 39.9 Å². The van der Waals surface area contributed by atoms with E-state index >= 15 is 18.4 Å². The number of methoxy groups -OCH3 is 1. The highest BCUT2D eigenvalue weighted by Crippen LogP contribution is 2.47. The van der Waals surface area contributed by atoms with E-state index in [0.29, 0.717) is 80.9 Å². The first kappa shape index (κ1) is 51.3. The molecule has 6 bridgehead atoms. The van der Waals surface area contributed by atoms with E-state index in [9.17, 15) is 14.4 Å². The van der Waals surface area contributed by atoms with Crippen molar-refractivity contribution in [3.05, 3.63) is 77.1 Å². The van der Waals surface area contributed by atoms with Gasteiger partial charge in [-0.2, -0.15) is 0 Å². The summed E-state index contributed by atoms with van der Waals surface area (Å²) in [5, 5.41) is 8.75. The van der Waals surface area contributed by atoms with Crippen LogP contribution in [0.25, 0.3) is 33.3 Å². The zero-order valence-corrected chi connectivity index (χ0v) is 44.0. The number of hydrogen-bond donors (Lipinski definition) is 3. The number of pyridine rings is 1. The summed E-state index contributed by atoms with van der Waals surface area (Å²) in [4.78, 5) is 81.2. The molecule has 6 fully saturated rings. The molecule has 4 aromatic rings. The van der Waals surface area contributed by atoms with Gasteiger partial charge in [0.15, 0.2) is 0 Å². The summed E-state index contributed by atoms with van der Waals surface area (Å²) >= 11 is 0. The smallest absolute Gasteiger partial charge is 0.324 e. The lowest BCUT2D eigenvalue weighted by atomic mass is 9.84. The molecule has 5 aliphatic heterocycles. The van der Waals surface area contributed by atoms with Crippen LogP contribution in [0.2, 0.25) is 0 Å². The third-order valence-electron chi connectivity index (χ3n) is 17.6. The number of amides is 4. The van der Waals surface area contributed by atoms with Crippen molar-refractivity contribution in [3.63, 3.8) is 0 Å². The van der Waals surface area contributed by atoms with Crippen LogP contribution >= 0.6 is 0 Å². The van der Waals surface area contributed by atoms with Gasteiger partial charge in [0.2, 0.25) is 17.7 Å². The summed E-state index contributed by atoms with van der Waals surface area (Å²) in [5.41, 5.74) is 7.69. The van der Waals surface area contributed by atoms with Gasteiger partial charge >= 0.3 is 5.97 Å². The highest BCUT2D eigenvalue weighted by Gasteiger charge is 2.58. The van der Waals surface area contributed by atoms with Gasteiger partial charge in [-0.05, 0) is 136 Å². The number of halogens is 2. The van der Waals surface area contributed by atoms with Gasteiger partial charge in [-0.25, -0.2) is 14.2 Å². The molecule has 17 heteroatoms. The molecule has 15 nitrogen and oxygen atoms in total. The number of likely N-dealkylation sites (tertiary alicyclic amines) is 2. The van der Waals surface area contributed by atoms with Crippen molar-refractivity contribution >= 4 is 40.5 Å². The Morgan fingerprint density at radius 2 is 1.75 bits per heavy atom. The van der Waals surface area contributed by atoms with Crippen LogP contribution in [0.15, 0.2) is 54.7 Å². The summed E-state index contributed by atoms with van der Waals surface area (Å²) in [5.74, 6) is -1.19. The number of esters is 1. The number of hydrazine groups is 1. The topological polar surface area (TPSA) is 177 Å². The van der Waals surface area contributed by atoms with Crippen LogP contribution in [0.1, 0.15) is 127 Å². The molecule has 2 aliphatic carbocycles. The molecule has 2 aromatic carbocycles. The predicted octanol–water partition coefficient (Wildman–Crippen LogP) is 7.44. The maximum atomic E-state index is 15.2. The number of aromatic nitrogens is 2. The second-order valence-corrected chi connectivity index (χ2v) is 23.4. The minimum Gasteiger partial charge on any atom is -0.464 e. The van der Waals surface area contributed by atoms with E-state index in [0.717, 1.165) is 71.9 Å². The number of aryl methyl sites for hydroxylation is 1. The monoisotopic (exact) mass is 1030 g/mol. The third kappa shape index (κ3) is 9.86. The van der Waals surface area contributed by atoms with Crippen molar-refractivity contribution < 1.29 is 42.2 Å². The lowest BCUT2D eigenvalue weighted by Crippen LogP contribution is -2.62. The minimum absolute atomic E-state index is 0.0526. The van der Waals surface area contributed by atoms with E-state index in [4.69, 9.17) is 14.5 Å². The SMILES string of the molecule is CCn1c(-c2cccnc2[C@H](C)OC)c2c3cc(ccc31)-c1cc(cc(C(F)F)c1)C[C@H](NC(=O)C(C1CCCC1)N1CC[C@]3(CCN(C(=O)[C@@H]4NC4C4CC4)C3)C1=O)C(=O)N1CCC[C@H](N1)C(=O)OCC(C)(C)C2. The quantitative estimate of drug-likeness (QED) is 0.101. The molecule has 400 valence electrons. The van der Waals surface area contributed by atoms with Crippen molar-refractivity contribution in [2.45, 2.75) is 154 Å². The zero-order valence-electron chi connectivity index (χ0n) is 44.0. The molecule has 4 amide bonds. The first-order valence-corrected chi connectivity index (χ1v) is 27.5. The number of cyclic esters (lactones) is 1. The maximum absolute atomic E-state index is 15.2. The number of hydrogen-bond acceptors (Lipinski definition) is 10. The van der Waals surface area contributed by atoms with Gasteiger partial charge in [-0.1, -0.05) is 44.9 Å². The van der Waals surface area contributed by atoms with Crippen LogP contribution in [-0.2, 0) is 52.8 Å². The van der Waals surface area contributed by atoms with Crippen molar-refractivity contribution in [3.8, 4) is 22.4 Å². The molecule has 11 rings (SSSR count). The number of alkyl halides is 2. The summed E-state index contributed by atoms with van der Waals surface area (Å²) in [6.07, 6.45) is 6.36. The molecule has 3 N–H and O–H groups in total. The Morgan fingerprint density at radius 1 is 0.960 bits per heavy atom. The molecular formula is C58H72F2N8O7. The first-order chi connectivity index (χ1) is 36.1. The number of benzene rings is 2. The highest BCUT2D eigenvalue weighted by molar-refractivity contribution is 5.97. The highest BCUT2D eigenvalue weighted by atomic mass is 19.3. The Bertz CT molecular complexity index is 2900. The van der Waals surface area contributed by atoms with Gasteiger partial charge in [0.05, 0.1) is 29.5 Å². The van der Waals surface area contributed by atoms with Gasteiger partial charge in [0.1, 0.15) is 24.2 Å². The van der Waals surface area contributed by atoms with Crippen LogP contribution in [0.4, 0.5) is 8.78 Å². The Kier molecular flexibility index (Phi) is 13.9. The van der Waals surface area contributed by atoms with Gasteiger partial charge in [0.25, 0.3) is 12.3 Å². The van der Waals surface area contributed by atoms with E-state index in [1.165, 1.54) is 17.1 Å². The fourth-order valence-electron chi connectivity index (χ4n) is 13.4. The summed E-state index contributed by atoms with van der Waals surface area (Å²) in [6.45, 7) is 10.2. The Morgan fingerprint density at radius 3 is 2.49 bits per heavy atom. The van der Waals surface area contributed by atoms with Gasteiger partial charge in [-0.15, -0.1) is 0 Å². The number of nitrogens with zero attached hydrogens (tertiary/aromatic N) is 5. The number of ether oxygens (including phenoxy) is 2. The second-order valence-electron chi connectivity index (χ2n) is 23.4. The zero-order chi connectivity index (χ0) is 52.5. The van der Waals surface area contributed by atoms with Gasteiger partial charge in [0, 0.05) is 85.9 Å². The van der Waals surface area contributed by atoms with E-state index in [-0.39, 0.29) is 61.1 Å². The number of carbonyl (C=O) groups is 5. The molecule has 7 aliphatic rings. The molecule has 1 spiro atoms. The van der Waals surface area contributed by atoms with E-state index in [1.807, 2.05) is 62.1 Å². The van der Waals surface area contributed by atoms with Gasteiger partial charge in [-0.3, -0.25) is 39.3 Å². The number of fused-ring (bicyclic) bond motifs is 6. The van der Waals surface area contributed by atoms with Crippen LogP contribution in [0.5, 0.6) is 0 Å². The van der Waals surface area contributed by atoms with Gasteiger partial charge < -0.3 is 29.2 Å². The fourth-order valence-corrected chi connectivity index (χ4v) is 13.4. The predicted molar refractivity (Wildman–Crippen MR) is 278 cm³/mol. The van der Waals surface area contributed by atoms with E-state index in [1.54, 1.807) is 18.2 Å². The number of nitrogens with one attached hydrogen (secondary N) is 3. The molecule has 7 atom stereocenters. The molecule has 0 radical (unpaired) electrons. The van der Waals surface area contributed by atoms with Crippen molar-refractivity contribution in [2.24, 2.45) is 22.7 Å². The molecule has 7 heterocycles. The lowest BCUT2D eigenvalue weighted by molar-refractivity contribution is -0.155. The minimum atomic E-state index is -2.84. The largest absolute Gasteiger partial charge is 0.464 e. The fraction of sp³-hybridized carbons (Fsp3) is 0.586. The van der Waals surface area contributed by atoms with Crippen molar-refractivity contribution in [1.29, 1.82) is 0 Å². The Labute approximate surface area is 437 Å². The summed E-state index contributed by atoms with van der Waals surface area (Å²) in [6, 6.07) is 11.7. The first-order valence-electron chi connectivity index (χ1n) is 27.5. The van der Waals surface area contributed by atoms with Crippen LogP contribution in [0.3, 0.4) is 0 Å². The average molecular weight is 1030 g/mol. The van der Waals surface area contributed by atoms with Crippen molar-refractivity contribution in [1.82, 2.24) is 40.4 Å². The van der Waals surface area contributed by atoms with Crippen LogP contribution in [0, 0.1) is 22.7 Å². The normalized spacial score (nSPS) is 27.0. The van der Waals surface area contributed by atoms with E-state index < -0.39 is 53.2 Å². The second kappa shape index (κ2) is 20.3. The molecule has 2 unspecified atom stereocenters. The lowest BCUT2D eigenvalue weighted by Gasteiger charge is -2.37. The van der Waals surface area contributed by atoms with Crippen LogP contribution < -0.4 is 16.1 Å². The molecule has 75 heavy (non-hydrogen) atoms. The Balaban J connectivity index is 0.963. The number of rotatable bonds is 11. The molecule has 2 saturated carbocycles.